The van der Waals surface area contributed by atoms with Crippen molar-refractivity contribution in [2.45, 2.75) is 33.3 Å². The van der Waals surface area contributed by atoms with Crippen LogP contribution in [0.4, 0.5) is 16.2 Å². The third-order valence-electron chi connectivity index (χ3n) is 3.07. The van der Waals surface area contributed by atoms with Gasteiger partial charge < -0.3 is 9.47 Å². The molecule has 0 aromatic heterocycles. The Balaban J connectivity index is 2.29. The van der Waals surface area contributed by atoms with Gasteiger partial charge in [0.15, 0.2) is 0 Å². The molecule has 0 radical (unpaired) electrons. The minimum atomic E-state index is -0.699. The van der Waals surface area contributed by atoms with Gasteiger partial charge in [0.05, 0.1) is 16.7 Å². The lowest BCUT2D eigenvalue weighted by molar-refractivity contribution is -0.384. The van der Waals surface area contributed by atoms with Crippen LogP contribution in [0.3, 0.4) is 0 Å². The Morgan fingerprint density at radius 1 is 1.16 bits per heavy atom. The summed E-state index contributed by atoms with van der Waals surface area (Å²) in [5, 5.41) is 13.6. The van der Waals surface area contributed by atoms with Crippen molar-refractivity contribution in [1.29, 1.82) is 0 Å². The number of rotatable bonds is 4. The molecular formula is C18H20N2O5. The van der Waals surface area contributed by atoms with Gasteiger partial charge in [0, 0.05) is 12.1 Å². The lowest BCUT2D eigenvalue weighted by Crippen LogP contribution is -2.27. The highest BCUT2D eigenvalue weighted by Gasteiger charge is 2.18. The quantitative estimate of drug-likeness (QED) is 0.619. The first kappa shape index (κ1) is 18.3. The number of nitro groups is 1. The molecule has 7 nitrogen and oxygen atoms in total. The van der Waals surface area contributed by atoms with Gasteiger partial charge in [-0.2, -0.15) is 0 Å². The molecule has 0 unspecified atom stereocenters. The summed E-state index contributed by atoms with van der Waals surface area (Å²) in [5.41, 5.74) is 0.227. The molecule has 25 heavy (non-hydrogen) atoms. The van der Waals surface area contributed by atoms with Gasteiger partial charge in [-0.05, 0) is 39.3 Å². The zero-order valence-electron chi connectivity index (χ0n) is 14.5. The number of anilines is 1. The Bertz CT molecular complexity index is 796. The summed E-state index contributed by atoms with van der Waals surface area (Å²) in [4.78, 5) is 22.5. The monoisotopic (exact) mass is 344 g/mol. The molecule has 1 N–H and O–H groups in total. The summed E-state index contributed by atoms with van der Waals surface area (Å²) in [6.45, 7) is 7.05. The number of ether oxygens (including phenoxy) is 2. The van der Waals surface area contributed by atoms with E-state index in [0.717, 1.165) is 5.56 Å². The summed E-state index contributed by atoms with van der Waals surface area (Å²) in [6, 6.07) is 11.3. The topological polar surface area (TPSA) is 90.7 Å². The number of carbonyl (C=O) groups is 1. The second-order valence-corrected chi connectivity index (χ2v) is 6.47. The molecule has 0 aliphatic heterocycles. The van der Waals surface area contributed by atoms with Gasteiger partial charge in [-0.3, -0.25) is 15.4 Å². The average Bonchev–Trinajstić information content (AvgIpc) is 2.47. The van der Waals surface area contributed by atoms with Crippen molar-refractivity contribution in [1.82, 2.24) is 0 Å². The minimum Gasteiger partial charge on any atom is -0.457 e. The van der Waals surface area contributed by atoms with Gasteiger partial charge in [-0.1, -0.05) is 18.2 Å². The zero-order chi connectivity index (χ0) is 18.6. The lowest BCUT2D eigenvalue weighted by atomic mass is 10.2. The average molecular weight is 344 g/mol. The van der Waals surface area contributed by atoms with E-state index < -0.39 is 16.6 Å². The van der Waals surface area contributed by atoms with Crippen molar-refractivity contribution in [3.05, 3.63) is 58.1 Å². The van der Waals surface area contributed by atoms with E-state index in [4.69, 9.17) is 9.47 Å². The van der Waals surface area contributed by atoms with Crippen LogP contribution < -0.4 is 10.1 Å². The summed E-state index contributed by atoms with van der Waals surface area (Å²) < 4.78 is 10.9. The maximum atomic E-state index is 11.9. The van der Waals surface area contributed by atoms with Crippen LogP contribution in [0.15, 0.2) is 42.5 Å². The normalized spacial score (nSPS) is 10.9. The van der Waals surface area contributed by atoms with E-state index in [9.17, 15) is 14.9 Å². The summed E-state index contributed by atoms with van der Waals surface area (Å²) in [6.07, 6.45) is -0.699. The minimum absolute atomic E-state index is 0.197. The molecule has 0 saturated carbocycles. The molecule has 0 fully saturated rings. The Morgan fingerprint density at radius 3 is 2.44 bits per heavy atom. The Hall–Kier alpha value is -3.09. The van der Waals surface area contributed by atoms with Crippen LogP contribution in [0.2, 0.25) is 0 Å². The molecule has 0 heterocycles. The van der Waals surface area contributed by atoms with E-state index >= 15 is 0 Å². The van der Waals surface area contributed by atoms with Crippen LogP contribution in [-0.4, -0.2) is 16.6 Å². The van der Waals surface area contributed by atoms with Gasteiger partial charge in [0.1, 0.15) is 17.1 Å². The fraction of sp³-hybridized carbons (Fsp3) is 0.278. The van der Waals surface area contributed by atoms with Gasteiger partial charge in [-0.15, -0.1) is 0 Å². The summed E-state index contributed by atoms with van der Waals surface area (Å²) in [5.74, 6) is 0.820. The molecule has 0 aliphatic rings. The maximum absolute atomic E-state index is 11.9. The predicted octanol–water partition coefficient (Wildman–Crippen LogP) is 5.04. The molecule has 0 atom stereocenters. The Morgan fingerprint density at radius 2 is 1.84 bits per heavy atom. The number of nitro benzene ring substituents is 1. The number of carbonyl (C=O) groups excluding carboxylic acids is 1. The molecule has 2 aromatic carbocycles. The number of non-ortho nitro benzene ring substituents is 1. The van der Waals surface area contributed by atoms with Crippen LogP contribution in [0, 0.1) is 17.0 Å². The fourth-order valence-corrected chi connectivity index (χ4v) is 2.04. The van der Waals surface area contributed by atoms with Crippen molar-refractivity contribution in [2.24, 2.45) is 0 Å². The van der Waals surface area contributed by atoms with Gasteiger partial charge >= 0.3 is 6.09 Å². The van der Waals surface area contributed by atoms with Crippen molar-refractivity contribution >= 4 is 17.5 Å². The maximum Gasteiger partial charge on any atom is 0.412 e. The lowest BCUT2D eigenvalue weighted by Gasteiger charge is -2.19. The first-order chi connectivity index (χ1) is 11.6. The SMILES string of the molecule is Cc1ccccc1Oc1cc(NC(=O)OC(C)(C)C)cc([N+](=O)[O-])c1. The van der Waals surface area contributed by atoms with Crippen LogP contribution in [0.1, 0.15) is 26.3 Å². The molecule has 0 bridgehead atoms. The number of aryl methyl sites for hydroxylation is 1. The smallest absolute Gasteiger partial charge is 0.412 e. The van der Waals surface area contributed by atoms with Gasteiger partial charge in [-0.25, -0.2) is 4.79 Å². The van der Waals surface area contributed by atoms with Crippen LogP contribution in [0.5, 0.6) is 11.5 Å². The highest BCUT2D eigenvalue weighted by atomic mass is 16.6. The van der Waals surface area contributed by atoms with Crippen LogP contribution in [-0.2, 0) is 4.74 Å². The molecule has 132 valence electrons. The highest BCUT2D eigenvalue weighted by molar-refractivity contribution is 5.85. The number of hydrogen-bond acceptors (Lipinski definition) is 5. The predicted molar refractivity (Wildman–Crippen MR) is 94.2 cm³/mol. The Labute approximate surface area is 145 Å². The van der Waals surface area contributed by atoms with E-state index in [2.05, 4.69) is 5.32 Å². The second kappa shape index (κ2) is 7.21. The molecule has 0 aliphatic carbocycles. The van der Waals surface area contributed by atoms with Crippen molar-refractivity contribution in [3.63, 3.8) is 0 Å². The number of amides is 1. The molecule has 1 amide bonds. The number of nitrogens with zero attached hydrogens (tertiary/aromatic N) is 1. The molecular weight excluding hydrogens is 324 g/mol. The first-order valence-corrected chi connectivity index (χ1v) is 7.67. The number of benzene rings is 2. The third kappa shape index (κ3) is 5.49. The summed E-state index contributed by atoms with van der Waals surface area (Å²) >= 11 is 0. The summed E-state index contributed by atoms with van der Waals surface area (Å²) in [7, 11) is 0. The standard InChI is InChI=1S/C18H20N2O5/c1-12-7-5-6-8-16(12)24-15-10-13(9-14(11-15)20(22)23)19-17(21)25-18(2,3)4/h5-11H,1-4H3,(H,19,21). The van der Waals surface area contributed by atoms with Crippen molar-refractivity contribution in [3.8, 4) is 11.5 Å². The van der Waals surface area contributed by atoms with E-state index in [1.165, 1.54) is 18.2 Å². The van der Waals surface area contributed by atoms with E-state index in [-0.39, 0.29) is 17.1 Å². The van der Waals surface area contributed by atoms with E-state index in [1.54, 1.807) is 32.9 Å². The van der Waals surface area contributed by atoms with Crippen LogP contribution >= 0.6 is 0 Å². The van der Waals surface area contributed by atoms with Crippen LogP contribution in [0.25, 0.3) is 0 Å². The zero-order valence-corrected chi connectivity index (χ0v) is 14.5. The van der Waals surface area contributed by atoms with Gasteiger partial charge in [0.2, 0.25) is 0 Å². The number of hydrogen-bond donors (Lipinski definition) is 1. The second-order valence-electron chi connectivity index (χ2n) is 6.47. The van der Waals surface area contributed by atoms with E-state index in [1.807, 2.05) is 19.1 Å². The van der Waals surface area contributed by atoms with E-state index in [0.29, 0.717) is 5.75 Å². The Kier molecular flexibility index (Phi) is 5.26. The third-order valence-corrected chi connectivity index (χ3v) is 3.07. The molecule has 0 spiro atoms. The molecule has 7 heteroatoms. The fourth-order valence-electron chi connectivity index (χ4n) is 2.04. The number of nitrogens with one attached hydrogen (secondary N) is 1. The van der Waals surface area contributed by atoms with Crippen molar-refractivity contribution < 1.29 is 19.2 Å². The largest absolute Gasteiger partial charge is 0.457 e. The first-order valence-electron chi connectivity index (χ1n) is 7.67. The molecule has 2 aromatic rings. The van der Waals surface area contributed by atoms with Crippen molar-refractivity contribution in [2.75, 3.05) is 5.32 Å². The van der Waals surface area contributed by atoms with Gasteiger partial charge in [0.25, 0.3) is 5.69 Å². The number of para-hydroxylation sites is 1. The molecule has 0 saturated heterocycles. The molecule has 2 rings (SSSR count). The highest BCUT2D eigenvalue weighted by Crippen LogP contribution is 2.31.